The molecular weight excluding hydrogens is 464 g/mol. The predicted octanol–water partition coefficient (Wildman–Crippen LogP) is 5.24. The Morgan fingerprint density at radius 3 is 1.72 bits per heavy atom. The molecule has 2 aromatic carbocycles. The Hall–Kier alpha value is -3.29. The molecule has 0 radical (unpaired) electrons. The van der Waals surface area contributed by atoms with Gasteiger partial charge in [0.1, 0.15) is 5.60 Å². The van der Waals surface area contributed by atoms with Gasteiger partial charge in [0.2, 0.25) is 11.5 Å². The van der Waals surface area contributed by atoms with E-state index in [0.717, 1.165) is 28.7 Å². The van der Waals surface area contributed by atoms with Crippen LogP contribution in [0, 0.1) is 5.92 Å². The summed E-state index contributed by atoms with van der Waals surface area (Å²) in [6, 6.07) is 3.87. The number of benzene rings is 2. The molecule has 198 valence electrons. The number of hydrogen-bond donors (Lipinski definition) is 0. The van der Waals surface area contributed by atoms with Crippen molar-refractivity contribution in [3.63, 3.8) is 0 Å². The predicted molar refractivity (Wildman–Crippen MR) is 137 cm³/mol. The van der Waals surface area contributed by atoms with Gasteiger partial charge in [-0.2, -0.15) is 0 Å². The van der Waals surface area contributed by atoms with Crippen molar-refractivity contribution in [1.29, 1.82) is 0 Å². The topological polar surface area (TPSA) is 81.7 Å². The maximum atomic E-state index is 12.7. The third kappa shape index (κ3) is 4.73. The van der Waals surface area contributed by atoms with Crippen molar-refractivity contribution >= 4 is 5.97 Å². The van der Waals surface area contributed by atoms with Crippen molar-refractivity contribution in [2.75, 3.05) is 42.7 Å². The largest absolute Gasteiger partial charge is 0.493 e. The minimum atomic E-state index is -0.788. The van der Waals surface area contributed by atoms with Crippen LogP contribution in [-0.4, -0.2) is 54.2 Å². The molecule has 0 N–H and O–H groups in total. The minimum Gasteiger partial charge on any atom is -0.493 e. The van der Waals surface area contributed by atoms with Crippen molar-refractivity contribution in [1.82, 2.24) is 0 Å². The number of rotatable bonds is 9. The number of fused-ring (bicyclic) bond motifs is 3. The highest BCUT2D eigenvalue weighted by molar-refractivity contribution is 5.88. The third-order valence-corrected chi connectivity index (χ3v) is 6.98. The van der Waals surface area contributed by atoms with Gasteiger partial charge in [-0.1, -0.05) is 13.8 Å². The fraction of sp³-hybridized carbons (Fsp3) is 0.536. The molecule has 0 unspecified atom stereocenters. The number of esters is 1. The van der Waals surface area contributed by atoms with E-state index in [1.165, 1.54) is 0 Å². The van der Waals surface area contributed by atoms with E-state index < -0.39 is 5.60 Å². The molecule has 0 heterocycles. The van der Waals surface area contributed by atoms with E-state index >= 15 is 0 Å². The molecule has 8 heteroatoms. The van der Waals surface area contributed by atoms with Gasteiger partial charge in [-0.3, -0.25) is 4.79 Å². The average molecular weight is 503 g/mol. The van der Waals surface area contributed by atoms with Gasteiger partial charge in [0.15, 0.2) is 23.0 Å². The zero-order valence-electron chi connectivity index (χ0n) is 22.8. The molecule has 8 nitrogen and oxygen atoms in total. The van der Waals surface area contributed by atoms with Crippen molar-refractivity contribution in [3.05, 3.63) is 23.3 Å². The van der Waals surface area contributed by atoms with Gasteiger partial charge in [0.05, 0.1) is 42.7 Å². The van der Waals surface area contributed by atoms with Gasteiger partial charge in [-0.15, -0.1) is 0 Å². The smallest absolute Gasteiger partial charge is 0.306 e. The van der Waals surface area contributed by atoms with E-state index in [0.29, 0.717) is 53.8 Å². The van der Waals surface area contributed by atoms with Crippen molar-refractivity contribution in [2.45, 2.75) is 52.1 Å². The summed E-state index contributed by atoms with van der Waals surface area (Å²) in [7, 11) is 9.51. The van der Waals surface area contributed by atoms with Crippen molar-refractivity contribution in [3.8, 4) is 45.6 Å². The zero-order chi connectivity index (χ0) is 26.6. The van der Waals surface area contributed by atoms with E-state index in [9.17, 15) is 4.79 Å². The molecule has 1 aliphatic carbocycles. The molecule has 0 bridgehead atoms. The van der Waals surface area contributed by atoms with Crippen LogP contribution in [0.1, 0.15) is 44.7 Å². The Morgan fingerprint density at radius 2 is 1.28 bits per heavy atom. The fourth-order valence-corrected chi connectivity index (χ4v) is 5.01. The van der Waals surface area contributed by atoms with Crippen LogP contribution in [0.2, 0.25) is 0 Å². The second-order valence-electron chi connectivity index (χ2n) is 9.18. The average Bonchev–Trinajstić information content (AvgIpc) is 2.86. The maximum Gasteiger partial charge on any atom is 0.306 e. The maximum absolute atomic E-state index is 12.7. The monoisotopic (exact) mass is 502 g/mol. The van der Waals surface area contributed by atoms with Gasteiger partial charge < -0.3 is 33.2 Å². The molecule has 0 spiro atoms. The highest BCUT2D eigenvalue weighted by Crippen LogP contribution is 2.56. The molecule has 0 fully saturated rings. The number of hydrogen-bond acceptors (Lipinski definition) is 8. The van der Waals surface area contributed by atoms with Crippen molar-refractivity contribution in [2.24, 2.45) is 5.92 Å². The van der Waals surface area contributed by atoms with Gasteiger partial charge in [-0.05, 0) is 43.0 Å². The Bertz CT molecular complexity index is 1110. The summed E-state index contributed by atoms with van der Waals surface area (Å²) in [5, 5.41) is 0. The van der Waals surface area contributed by atoms with Gasteiger partial charge in [-0.25, -0.2) is 0 Å². The lowest BCUT2D eigenvalue weighted by atomic mass is 9.74. The normalized spacial score (nSPS) is 18.6. The molecule has 0 aliphatic heterocycles. The first-order valence-corrected chi connectivity index (χ1v) is 12.1. The minimum absolute atomic E-state index is 0.0351. The first-order chi connectivity index (χ1) is 17.2. The molecular formula is C28H38O8. The van der Waals surface area contributed by atoms with Crippen LogP contribution in [0.25, 0.3) is 11.1 Å². The Kier molecular flexibility index (Phi) is 8.48. The molecule has 36 heavy (non-hydrogen) atoms. The van der Waals surface area contributed by atoms with E-state index in [2.05, 4.69) is 6.92 Å². The van der Waals surface area contributed by atoms with E-state index in [1.54, 1.807) is 42.7 Å². The summed E-state index contributed by atoms with van der Waals surface area (Å²) < 4.78 is 40.8. The summed E-state index contributed by atoms with van der Waals surface area (Å²) >= 11 is 0. The summed E-state index contributed by atoms with van der Waals surface area (Å²) in [5.74, 6) is 2.77. The Morgan fingerprint density at radius 1 is 0.806 bits per heavy atom. The second-order valence-corrected chi connectivity index (χ2v) is 9.18. The number of carbonyl (C=O) groups excluding carboxylic acids is 1. The van der Waals surface area contributed by atoms with Crippen LogP contribution in [0.3, 0.4) is 0 Å². The number of ether oxygens (including phenoxy) is 7. The summed E-state index contributed by atoms with van der Waals surface area (Å²) in [6.07, 6.45) is 2.11. The van der Waals surface area contributed by atoms with Gasteiger partial charge in [0, 0.05) is 29.9 Å². The molecule has 0 amide bonds. The molecule has 2 atom stereocenters. The molecule has 2 aromatic rings. The lowest BCUT2D eigenvalue weighted by Gasteiger charge is -2.39. The first kappa shape index (κ1) is 27.3. The Labute approximate surface area is 213 Å². The number of carbonyl (C=O) groups is 1. The summed E-state index contributed by atoms with van der Waals surface area (Å²) in [6.45, 7) is 6.04. The van der Waals surface area contributed by atoms with Gasteiger partial charge in [0.25, 0.3) is 0 Å². The van der Waals surface area contributed by atoms with Crippen LogP contribution in [-0.2, 0) is 22.4 Å². The quantitative estimate of drug-likeness (QED) is 0.431. The van der Waals surface area contributed by atoms with Crippen LogP contribution < -0.4 is 28.4 Å². The lowest BCUT2D eigenvalue weighted by Crippen LogP contribution is -2.42. The van der Waals surface area contributed by atoms with Crippen LogP contribution in [0.15, 0.2) is 12.1 Å². The van der Waals surface area contributed by atoms with Crippen LogP contribution in [0.5, 0.6) is 34.5 Å². The number of methoxy groups -OCH3 is 6. The second kappa shape index (κ2) is 11.2. The molecule has 1 aliphatic rings. The lowest BCUT2D eigenvalue weighted by molar-refractivity contribution is -0.163. The fourth-order valence-electron chi connectivity index (χ4n) is 5.01. The van der Waals surface area contributed by atoms with Gasteiger partial charge >= 0.3 is 5.97 Å². The first-order valence-electron chi connectivity index (χ1n) is 12.1. The van der Waals surface area contributed by atoms with Crippen LogP contribution >= 0.6 is 0 Å². The summed E-state index contributed by atoms with van der Waals surface area (Å²) in [4.78, 5) is 12.7. The van der Waals surface area contributed by atoms with Crippen molar-refractivity contribution < 1.29 is 38.0 Å². The molecule has 3 rings (SSSR count). The van der Waals surface area contributed by atoms with E-state index in [-0.39, 0.29) is 11.9 Å². The standard InChI is InChI=1S/C28H38O8/c1-10-11-21(29)36-28(3)15-18-14-20(31-5)25(33-7)27(35-9)23(18)22-17(12-16(28)2)13-19(30-4)24(32-6)26(22)34-8/h13-14,16H,10-12,15H2,1-9H3/t16-,28-/m1/s1. The van der Waals surface area contributed by atoms with E-state index in [1.807, 2.05) is 26.0 Å². The Balaban J connectivity index is 2.46. The molecule has 0 saturated carbocycles. The molecule has 0 aromatic heterocycles. The molecule has 0 saturated heterocycles. The zero-order valence-corrected chi connectivity index (χ0v) is 22.8. The van der Waals surface area contributed by atoms with E-state index in [4.69, 9.17) is 33.2 Å². The van der Waals surface area contributed by atoms with Crippen LogP contribution in [0.4, 0.5) is 0 Å². The summed E-state index contributed by atoms with van der Waals surface area (Å²) in [5.41, 5.74) is 2.61. The SMILES string of the molecule is CCCC(=O)O[C@]1(C)Cc2cc(OC)c(OC)c(OC)c2-c2c(cc(OC)c(OC)c2OC)C[C@H]1C. The highest BCUT2D eigenvalue weighted by atomic mass is 16.6. The highest BCUT2D eigenvalue weighted by Gasteiger charge is 2.41. The third-order valence-electron chi connectivity index (χ3n) is 6.98.